The van der Waals surface area contributed by atoms with Crippen LogP contribution >= 0.6 is 11.3 Å². The molecular weight excluding hydrogens is 342 g/mol. The number of halogens is 2. The summed E-state index contributed by atoms with van der Waals surface area (Å²) >= 11 is 1.35. The minimum absolute atomic E-state index is 0.253. The van der Waals surface area contributed by atoms with Gasteiger partial charge in [-0.25, -0.2) is 8.78 Å². The zero-order chi connectivity index (χ0) is 18.1. The van der Waals surface area contributed by atoms with Gasteiger partial charge in [0, 0.05) is 12.6 Å². The predicted molar refractivity (Wildman–Crippen MR) is 95.7 cm³/mol. The molecule has 128 valence electrons. The summed E-state index contributed by atoms with van der Waals surface area (Å²) in [6.07, 6.45) is 1.71. The molecule has 0 atom stereocenters. The van der Waals surface area contributed by atoms with E-state index in [1.807, 2.05) is 30.5 Å². The summed E-state index contributed by atoms with van der Waals surface area (Å²) in [5.41, 5.74) is 2.96. The summed E-state index contributed by atoms with van der Waals surface area (Å²) in [6.45, 7) is 8.24. The number of benzene rings is 2. The molecule has 0 saturated heterocycles. The Morgan fingerprint density at radius 1 is 1.24 bits per heavy atom. The van der Waals surface area contributed by atoms with Crippen LogP contribution in [-0.4, -0.2) is 10.5 Å². The minimum atomic E-state index is -0.920. The van der Waals surface area contributed by atoms with Crippen LogP contribution in [0.5, 0.6) is 0 Å². The quantitative estimate of drug-likeness (QED) is 0.634. The van der Waals surface area contributed by atoms with E-state index in [4.69, 9.17) is 0 Å². The van der Waals surface area contributed by atoms with Crippen molar-refractivity contribution in [3.63, 3.8) is 0 Å². The second-order valence-corrected chi connectivity index (χ2v) is 6.74. The number of allylic oxidation sites excluding steroid dienone is 1. The van der Waals surface area contributed by atoms with Crippen molar-refractivity contribution in [3.05, 3.63) is 76.1 Å². The Morgan fingerprint density at radius 3 is 2.64 bits per heavy atom. The van der Waals surface area contributed by atoms with Crippen molar-refractivity contribution >= 4 is 27.5 Å². The molecule has 0 radical (unpaired) electrons. The Morgan fingerprint density at radius 2 is 1.96 bits per heavy atom. The van der Waals surface area contributed by atoms with E-state index in [1.54, 1.807) is 6.08 Å². The van der Waals surface area contributed by atoms with Crippen LogP contribution in [0.25, 0.3) is 10.2 Å². The van der Waals surface area contributed by atoms with Gasteiger partial charge < -0.3 is 4.57 Å². The molecule has 0 fully saturated rings. The zero-order valence-electron chi connectivity index (χ0n) is 13.8. The van der Waals surface area contributed by atoms with Gasteiger partial charge in [-0.1, -0.05) is 17.4 Å². The second-order valence-electron chi connectivity index (χ2n) is 5.73. The number of hydrogen-bond donors (Lipinski definition) is 0. The van der Waals surface area contributed by atoms with E-state index in [0.717, 1.165) is 33.5 Å². The molecule has 1 amide bonds. The molecule has 3 rings (SSSR count). The normalized spacial score (nSPS) is 11.9. The highest BCUT2D eigenvalue weighted by atomic mass is 32.1. The third kappa shape index (κ3) is 3.30. The molecule has 0 spiro atoms. The van der Waals surface area contributed by atoms with Gasteiger partial charge >= 0.3 is 0 Å². The number of aryl methyl sites for hydroxylation is 2. The van der Waals surface area contributed by atoms with Gasteiger partial charge in [0.1, 0.15) is 11.6 Å². The van der Waals surface area contributed by atoms with Crippen molar-refractivity contribution in [3.8, 4) is 0 Å². The Kier molecular flexibility index (Phi) is 4.63. The van der Waals surface area contributed by atoms with Gasteiger partial charge in [-0.15, -0.1) is 6.58 Å². The molecule has 3 nitrogen and oxygen atoms in total. The van der Waals surface area contributed by atoms with Crippen molar-refractivity contribution in [2.24, 2.45) is 4.99 Å². The molecule has 1 heterocycles. The number of carbonyl (C=O) groups excluding carboxylic acids is 1. The minimum Gasteiger partial charge on any atom is -0.312 e. The van der Waals surface area contributed by atoms with Gasteiger partial charge in [0.15, 0.2) is 4.80 Å². The molecule has 3 aromatic rings. The van der Waals surface area contributed by atoms with Gasteiger partial charge in [0.25, 0.3) is 5.91 Å². The first-order valence-electron chi connectivity index (χ1n) is 7.66. The van der Waals surface area contributed by atoms with Crippen molar-refractivity contribution in [2.45, 2.75) is 20.4 Å². The van der Waals surface area contributed by atoms with Gasteiger partial charge in [-0.2, -0.15) is 4.99 Å². The molecule has 2 aromatic carbocycles. The first-order chi connectivity index (χ1) is 11.9. The Labute approximate surface area is 147 Å². The van der Waals surface area contributed by atoms with Crippen LogP contribution in [0.1, 0.15) is 21.5 Å². The lowest BCUT2D eigenvalue weighted by molar-refractivity contribution is 0.0994. The summed E-state index contributed by atoms with van der Waals surface area (Å²) in [7, 11) is 0. The van der Waals surface area contributed by atoms with Crippen molar-refractivity contribution < 1.29 is 13.6 Å². The van der Waals surface area contributed by atoms with E-state index in [0.29, 0.717) is 17.4 Å². The molecule has 0 aliphatic heterocycles. The maximum absolute atomic E-state index is 13.8. The standard InChI is InChI=1S/C19H16F2N2OS/c1-4-7-23-16-8-11(2)12(3)9-17(16)25-19(23)22-18(24)14-6-5-13(20)10-15(14)21/h4-6,8-10H,1,7H2,2-3H3. The molecule has 0 aliphatic rings. The Bertz CT molecular complexity index is 1060. The maximum Gasteiger partial charge on any atom is 0.282 e. The van der Waals surface area contributed by atoms with E-state index < -0.39 is 17.5 Å². The highest BCUT2D eigenvalue weighted by Gasteiger charge is 2.13. The van der Waals surface area contributed by atoms with Crippen molar-refractivity contribution in [1.29, 1.82) is 0 Å². The van der Waals surface area contributed by atoms with Crippen LogP contribution in [0.4, 0.5) is 8.78 Å². The van der Waals surface area contributed by atoms with Crippen molar-refractivity contribution in [1.82, 2.24) is 4.57 Å². The number of fused-ring (bicyclic) bond motifs is 1. The molecule has 0 aliphatic carbocycles. The summed E-state index contributed by atoms with van der Waals surface area (Å²) in [5, 5.41) is 0. The molecule has 0 saturated carbocycles. The van der Waals surface area contributed by atoms with Gasteiger partial charge in [0.05, 0.1) is 15.8 Å². The third-order valence-electron chi connectivity index (χ3n) is 3.97. The van der Waals surface area contributed by atoms with E-state index in [9.17, 15) is 13.6 Å². The summed E-state index contributed by atoms with van der Waals surface area (Å²) in [6, 6.07) is 6.90. The fourth-order valence-corrected chi connectivity index (χ4v) is 3.64. The highest BCUT2D eigenvalue weighted by molar-refractivity contribution is 7.16. The first-order valence-corrected chi connectivity index (χ1v) is 8.48. The number of carbonyl (C=O) groups is 1. The lowest BCUT2D eigenvalue weighted by Gasteiger charge is -2.04. The zero-order valence-corrected chi connectivity index (χ0v) is 14.7. The number of rotatable bonds is 3. The first kappa shape index (κ1) is 17.2. The lowest BCUT2D eigenvalue weighted by atomic mass is 10.1. The molecule has 1 aromatic heterocycles. The Balaban J connectivity index is 2.19. The number of thiazole rings is 1. The van der Waals surface area contributed by atoms with Crippen LogP contribution < -0.4 is 4.80 Å². The van der Waals surface area contributed by atoms with Crippen LogP contribution in [0.15, 0.2) is 48.0 Å². The topological polar surface area (TPSA) is 34.4 Å². The van der Waals surface area contributed by atoms with Gasteiger partial charge in [-0.05, 0) is 49.2 Å². The monoisotopic (exact) mass is 358 g/mol. The van der Waals surface area contributed by atoms with Crippen LogP contribution in [0.3, 0.4) is 0 Å². The molecule has 0 unspecified atom stereocenters. The molecule has 25 heavy (non-hydrogen) atoms. The number of nitrogens with zero attached hydrogens (tertiary/aromatic N) is 2. The molecule has 0 bridgehead atoms. The summed E-state index contributed by atoms with van der Waals surface area (Å²) < 4.78 is 29.7. The van der Waals surface area contributed by atoms with E-state index in [1.165, 1.54) is 11.3 Å². The van der Waals surface area contributed by atoms with E-state index in [-0.39, 0.29) is 5.56 Å². The predicted octanol–water partition coefficient (Wildman–Crippen LogP) is 4.52. The van der Waals surface area contributed by atoms with Crippen LogP contribution in [0, 0.1) is 25.5 Å². The fourth-order valence-electron chi connectivity index (χ4n) is 2.52. The molecular formula is C19H16F2N2OS. The van der Waals surface area contributed by atoms with E-state index in [2.05, 4.69) is 11.6 Å². The number of aromatic nitrogens is 1. The number of hydrogen-bond acceptors (Lipinski definition) is 2. The second kappa shape index (κ2) is 6.72. The molecule has 6 heteroatoms. The summed E-state index contributed by atoms with van der Waals surface area (Å²) in [5.74, 6) is -2.39. The summed E-state index contributed by atoms with van der Waals surface area (Å²) in [4.78, 5) is 16.9. The lowest BCUT2D eigenvalue weighted by Crippen LogP contribution is -2.16. The highest BCUT2D eigenvalue weighted by Crippen LogP contribution is 2.22. The van der Waals surface area contributed by atoms with Gasteiger partial charge in [0.2, 0.25) is 0 Å². The van der Waals surface area contributed by atoms with Crippen molar-refractivity contribution in [2.75, 3.05) is 0 Å². The average molecular weight is 358 g/mol. The largest absolute Gasteiger partial charge is 0.312 e. The van der Waals surface area contributed by atoms with Gasteiger partial charge in [-0.3, -0.25) is 4.79 Å². The average Bonchev–Trinajstić information content (AvgIpc) is 2.85. The van der Waals surface area contributed by atoms with Crippen LogP contribution in [0.2, 0.25) is 0 Å². The molecule has 0 N–H and O–H groups in total. The Hall–Kier alpha value is -2.60. The fraction of sp³-hybridized carbons (Fsp3) is 0.158. The van der Waals surface area contributed by atoms with E-state index >= 15 is 0 Å². The SMILES string of the molecule is C=CCn1c(=NC(=O)c2ccc(F)cc2F)sc2cc(C)c(C)cc21. The number of amides is 1. The van der Waals surface area contributed by atoms with Crippen LogP contribution in [-0.2, 0) is 6.54 Å². The third-order valence-corrected chi connectivity index (χ3v) is 5.01. The maximum atomic E-state index is 13.8. The smallest absolute Gasteiger partial charge is 0.282 e.